The molecule has 0 aromatic heterocycles. The van der Waals surface area contributed by atoms with Crippen molar-refractivity contribution in [1.82, 2.24) is 4.31 Å². The molecule has 100 valence electrons. The van der Waals surface area contributed by atoms with Gasteiger partial charge < -0.3 is 5.11 Å². The van der Waals surface area contributed by atoms with Crippen LogP contribution < -0.4 is 0 Å². The largest absolute Gasteiger partial charge is 0.511 e. The summed E-state index contributed by atoms with van der Waals surface area (Å²) in [4.78, 5) is 10.4. The van der Waals surface area contributed by atoms with Crippen molar-refractivity contribution in [3.63, 3.8) is 0 Å². The normalized spacial score (nSPS) is 20.4. The number of piperidine rings is 1. The molecule has 9 heteroatoms. The maximum absolute atomic E-state index is 12.2. The lowest BCUT2D eigenvalue weighted by molar-refractivity contribution is -0.138. The van der Waals surface area contributed by atoms with Crippen molar-refractivity contribution in [2.24, 2.45) is 5.92 Å². The van der Waals surface area contributed by atoms with Gasteiger partial charge in [0, 0.05) is 19.5 Å². The van der Waals surface area contributed by atoms with E-state index in [1.807, 2.05) is 0 Å². The fraction of sp³-hybridized carbons (Fsp3) is 0.875. The summed E-state index contributed by atoms with van der Waals surface area (Å²) < 4.78 is 59.0. The molecule has 1 saturated heterocycles. The summed E-state index contributed by atoms with van der Waals surface area (Å²) in [5.74, 6) is -1.28. The standard InChI is InChI=1S/C8H12F3NO4S/c9-8(10,11)17(15,16)12-3-1-6(2-4-12)5-7(13)14/h6H,1-5H2,(H,13,14). The Bertz CT molecular complexity index is 384. The van der Waals surface area contributed by atoms with Crippen molar-refractivity contribution >= 4 is 16.0 Å². The van der Waals surface area contributed by atoms with Gasteiger partial charge in [-0.1, -0.05) is 0 Å². The Hall–Kier alpha value is -0.830. The van der Waals surface area contributed by atoms with E-state index < -0.39 is 21.5 Å². The molecular formula is C8H12F3NO4S. The SMILES string of the molecule is O=C(O)CC1CCN(S(=O)(=O)C(F)(F)F)CC1. The second kappa shape index (κ2) is 4.81. The van der Waals surface area contributed by atoms with Crippen molar-refractivity contribution in [3.8, 4) is 0 Å². The van der Waals surface area contributed by atoms with Crippen molar-refractivity contribution in [3.05, 3.63) is 0 Å². The summed E-state index contributed by atoms with van der Waals surface area (Å²) >= 11 is 0. The van der Waals surface area contributed by atoms with Gasteiger partial charge in [0.05, 0.1) is 0 Å². The number of aliphatic carboxylic acids is 1. The summed E-state index contributed by atoms with van der Waals surface area (Å²) in [7, 11) is -5.27. The number of carboxylic acids is 1. The lowest BCUT2D eigenvalue weighted by Crippen LogP contribution is -2.45. The number of carboxylic acid groups (broad SMARTS) is 1. The van der Waals surface area contributed by atoms with Crippen LogP contribution in [0.1, 0.15) is 19.3 Å². The Morgan fingerprint density at radius 1 is 1.29 bits per heavy atom. The van der Waals surface area contributed by atoms with Crippen LogP contribution in [-0.4, -0.2) is 42.4 Å². The lowest BCUT2D eigenvalue weighted by Gasteiger charge is -2.30. The Morgan fingerprint density at radius 2 is 1.76 bits per heavy atom. The van der Waals surface area contributed by atoms with E-state index in [-0.39, 0.29) is 38.3 Å². The highest BCUT2D eigenvalue weighted by Gasteiger charge is 2.50. The van der Waals surface area contributed by atoms with Crippen LogP contribution >= 0.6 is 0 Å². The quantitative estimate of drug-likeness (QED) is 0.834. The Labute approximate surface area is 96.3 Å². The minimum Gasteiger partial charge on any atom is -0.481 e. The van der Waals surface area contributed by atoms with E-state index in [1.54, 1.807) is 0 Å². The van der Waals surface area contributed by atoms with E-state index in [9.17, 15) is 26.4 Å². The number of rotatable bonds is 3. The molecule has 1 rings (SSSR count). The summed E-state index contributed by atoms with van der Waals surface area (Å²) in [5, 5.41) is 8.51. The Morgan fingerprint density at radius 3 is 2.12 bits per heavy atom. The number of nitrogens with zero attached hydrogens (tertiary/aromatic N) is 1. The molecule has 0 aliphatic carbocycles. The third-order valence-electron chi connectivity index (χ3n) is 2.67. The highest BCUT2D eigenvalue weighted by Crippen LogP contribution is 2.30. The third-order valence-corrected chi connectivity index (χ3v) is 4.30. The second-order valence-corrected chi connectivity index (χ2v) is 5.82. The second-order valence-electron chi connectivity index (χ2n) is 3.89. The number of halogens is 3. The van der Waals surface area contributed by atoms with Gasteiger partial charge in [0.1, 0.15) is 0 Å². The van der Waals surface area contributed by atoms with Gasteiger partial charge in [0.2, 0.25) is 0 Å². The molecule has 1 N–H and O–H groups in total. The first-order valence-electron chi connectivity index (χ1n) is 4.93. The van der Waals surface area contributed by atoms with Crippen LogP contribution in [0.5, 0.6) is 0 Å². The van der Waals surface area contributed by atoms with Crippen LogP contribution in [0.15, 0.2) is 0 Å². The molecule has 1 heterocycles. The van der Waals surface area contributed by atoms with E-state index in [4.69, 9.17) is 5.11 Å². The summed E-state index contributed by atoms with van der Waals surface area (Å²) in [6.45, 7) is -0.556. The molecule has 0 amide bonds. The first-order valence-corrected chi connectivity index (χ1v) is 6.37. The number of hydrogen-bond donors (Lipinski definition) is 1. The zero-order valence-electron chi connectivity index (χ0n) is 8.77. The molecular weight excluding hydrogens is 263 g/mol. The maximum atomic E-state index is 12.2. The smallest absolute Gasteiger partial charge is 0.481 e. The third kappa shape index (κ3) is 3.32. The number of carbonyl (C=O) groups is 1. The van der Waals surface area contributed by atoms with E-state index in [0.29, 0.717) is 4.31 Å². The van der Waals surface area contributed by atoms with E-state index in [0.717, 1.165) is 0 Å². The summed E-state index contributed by atoms with van der Waals surface area (Å²) in [6, 6.07) is 0. The number of alkyl halides is 3. The van der Waals surface area contributed by atoms with Crippen molar-refractivity contribution in [1.29, 1.82) is 0 Å². The zero-order chi connectivity index (χ0) is 13.3. The number of hydrogen-bond acceptors (Lipinski definition) is 3. The lowest BCUT2D eigenvalue weighted by atomic mass is 9.95. The predicted molar refractivity (Wildman–Crippen MR) is 51.5 cm³/mol. The van der Waals surface area contributed by atoms with E-state index in [2.05, 4.69) is 0 Å². The fourth-order valence-electron chi connectivity index (χ4n) is 1.75. The van der Waals surface area contributed by atoms with Crippen LogP contribution in [-0.2, 0) is 14.8 Å². The molecule has 0 saturated carbocycles. The molecule has 0 spiro atoms. The average molecular weight is 275 g/mol. The minimum atomic E-state index is -5.29. The van der Waals surface area contributed by atoms with Gasteiger partial charge >= 0.3 is 21.5 Å². The highest BCUT2D eigenvalue weighted by molar-refractivity contribution is 7.90. The molecule has 0 radical (unpaired) electrons. The summed E-state index contributed by atoms with van der Waals surface area (Å²) in [5.41, 5.74) is -5.29. The van der Waals surface area contributed by atoms with Gasteiger partial charge in [-0.25, -0.2) is 8.42 Å². The molecule has 1 fully saturated rings. The topological polar surface area (TPSA) is 74.7 Å². The predicted octanol–water partition coefficient (Wildman–Crippen LogP) is 1.02. The first-order chi connectivity index (χ1) is 7.64. The van der Waals surface area contributed by atoms with Gasteiger partial charge in [0.15, 0.2) is 0 Å². The number of sulfonamides is 1. The average Bonchev–Trinajstić information content (AvgIpc) is 2.15. The molecule has 0 atom stereocenters. The van der Waals surface area contributed by atoms with Crippen molar-refractivity contribution in [2.75, 3.05) is 13.1 Å². The van der Waals surface area contributed by atoms with Crippen LogP contribution in [0.4, 0.5) is 13.2 Å². The molecule has 5 nitrogen and oxygen atoms in total. The van der Waals surface area contributed by atoms with Gasteiger partial charge in [0.25, 0.3) is 0 Å². The zero-order valence-corrected chi connectivity index (χ0v) is 9.59. The summed E-state index contributed by atoms with van der Waals surface area (Å²) in [6.07, 6.45) is 0.142. The van der Waals surface area contributed by atoms with Gasteiger partial charge in [-0.15, -0.1) is 0 Å². The van der Waals surface area contributed by atoms with Crippen LogP contribution in [0.2, 0.25) is 0 Å². The Balaban J connectivity index is 2.61. The van der Waals surface area contributed by atoms with E-state index in [1.165, 1.54) is 0 Å². The minimum absolute atomic E-state index is 0.139. The van der Waals surface area contributed by atoms with Crippen molar-refractivity contribution < 1.29 is 31.5 Å². The molecule has 1 aliphatic rings. The molecule has 0 aromatic rings. The first kappa shape index (κ1) is 14.2. The van der Waals surface area contributed by atoms with Crippen LogP contribution in [0, 0.1) is 5.92 Å². The van der Waals surface area contributed by atoms with E-state index >= 15 is 0 Å². The van der Waals surface area contributed by atoms with Gasteiger partial charge in [-0.2, -0.15) is 17.5 Å². The molecule has 0 unspecified atom stereocenters. The monoisotopic (exact) mass is 275 g/mol. The molecule has 0 bridgehead atoms. The van der Waals surface area contributed by atoms with Crippen molar-refractivity contribution in [2.45, 2.75) is 24.8 Å². The van der Waals surface area contributed by atoms with Crippen LogP contribution in [0.3, 0.4) is 0 Å². The highest BCUT2D eigenvalue weighted by atomic mass is 32.2. The fourth-order valence-corrected chi connectivity index (χ4v) is 2.73. The molecule has 0 aromatic carbocycles. The van der Waals surface area contributed by atoms with Gasteiger partial charge in [-0.3, -0.25) is 4.79 Å². The van der Waals surface area contributed by atoms with Crippen LogP contribution in [0.25, 0.3) is 0 Å². The maximum Gasteiger partial charge on any atom is 0.511 e. The molecule has 1 aliphatic heterocycles. The molecule has 17 heavy (non-hydrogen) atoms. The van der Waals surface area contributed by atoms with Gasteiger partial charge in [-0.05, 0) is 18.8 Å². The Kier molecular flexibility index (Phi) is 4.03.